The smallest absolute Gasteiger partial charge is 0.274 e. The third kappa shape index (κ3) is 4.64. The van der Waals surface area contributed by atoms with Gasteiger partial charge in [0.25, 0.3) is 5.91 Å². The van der Waals surface area contributed by atoms with E-state index in [0.29, 0.717) is 17.1 Å². The second-order valence-corrected chi connectivity index (χ2v) is 6.50. The first-order chi connectivity index (χ1) is 13.1. The molecule has 0 aromatic heterocycles. The molecule has 3 rings (SSSR count). The number of benzene rings is 2. The number of likely N-dealkylation sites (tertiary alicyclic amines) is 1. The van der Waals surface area contributed by atoms with Crippen LogP contribution in [0, 0.1) is 0 Å². The predicted octanol–water partition coefficient (Wildman–Crippen LogP) is 2.61. The zero-order valence-corrected chi connectivity index (χ0v) is 14.9. The molecule has 1 aliphatic rings. The van der Waals surface area contributed by atoms with Gasteiger partial charge in [-0.05, 0) is 61.2 Å². The van der Waals surface area contributed by atoms with E-state index in [9.17, 15) is 9.59 Å². The largest absolute Gasteiger partial charge is 0.457 e. The van der Waals surface area contributed by atoms with Gasteiger partial charge in [-0.1, -0.05) is 12.1 Å². The van der Waals surface area contributed by atoms with Crippen molar-refractivity contribution >= 4 is 11.8 Å². The Hall–Kier alpha value is -2.90. The summed E-state index contributed by atoms with van der Waals surface area (Å²) in [4.78, 5) is 25.7. The van der Waals surface area contributed by atoms with Crippen LogP contribution >= 0.6 is 0 Å². The second-order valence-electron chi connectivity index (χ2n) is 6.50. The fourth-order valence-electron chi connectivity index (χ4n) is 3.07. The molecule has 2 amide bonds. The molecule has 1 unspecified atom stereocenters. The van der Waals surface area contributed by atoms with Crippen LogP contribution in [0.15, 0.2) is 48.5 Å². The summed E-state index contributed by atoms with van der Waals surface area (Å²) < 4.78 is 5.73. The summed E-state index contributed by atoms with van der Waals surface area (Å²) in [5, 5.41) is 8.62. The van der Waals surface area contributed by atoms with Crippen molar-refractivity contribution in [2.45, 2.75) is 25.3 Å². The summed E-state index contributed by atoms with van der Waals surface area (Å²) in [6, 6.07) is 12.8. The van der Waals surface area contributed by atoms with Crippen molar-refractivity contribution in [3.63, 3.8) is 0 Å². The highest BCUT2D eigenvalue weighted by atomic mass is 16.5. The number of nitrogens with zero attached hydrogens (tertiary/aromatic N) is 1. The van der Waals surface area contributed by atoms with Gasteiger partial charge in [0.15, 0.2) is 0 Å². The third-order valence-corrected chi connectivity index (χ3v) is 4.63. The number of rotatable bonds is 5. The molecule has 0 radical (unpaired) electrons. The van der Waals surface area contributed by atoms with Crippen LogP contribution in [0.4, 0.5) is 0 Å². The summed E-state index contributed by atoms with van der Waals surface area (Å²) in [6.45, 7) is 1.55. The Balaban J connectivity index is 1.62. The number of piperidine rings is 1. The predicted molar refractivity (Wildman–Crippen MR) is 99.6 cm³/mol. The van der Waals surface area contributed by atoms with E-state index < -0.39 is 11.9 Å². The fourth-order valence-corrected chi connectivity index (χ4v) is 3.07. The van der Waals surface area contributed by atoms with Crippen molar-refractivity contribution in [1.29, 1.82) is 0 Å². The Morgan fingerprint density at radius 1 is 0.963 bits per heavy atom. The molecule has 7 heteroatoms. The fraction of sp³-hybridized carbons (Fsp3) is 0.300. The molecule has 2 aromatic carbocycles. The Morgan fingerprint density at radius 2 is 1.52 bits per heavy atom. The topological polar surface area (TPSA) is 105 Å². The van der Waals surface area contributed by atoms with Gasteiger partial charge in [0.05, 0.1) is 0 Å². The van der Waals surface area contributed by atoms with Crippen LogP contribution in [-0.4, -0.2) is 35.0 Å². The number of carbonyl (C=O) groups is 2. The molecule has 0 bridgehead atoms. The van der Waals surface area contributed by atoms with E-state index in [1.54, 1.807) is 54.0 Å². The molecule has 1 saturated heterocycles. The third-order valence-electron chi connectivity index (χ3n) is 4.63. The number of nitrogens with two attached hydrogens (primary N) is 1. The van der Waals surface area contributed by atoms with Crippen molar-refractivity contribution < 1.29 is 19.5 Å². The van der Waals surface area contributed by atoms with Crippen LogP contribution in [0.3, 0.4) is 0 Å². The molecule has 0 saturated carbocycles. The Morgan fingerprint density at radius 3 is 2.07 bits per heavy atom. The van der Waals surface area contributed by atoms with E-state index in [4.69, 9.17) is 15.7 Å². The molecule has 4 N–H and O–H groups in total. The van der Waals surface area contributed by atoms with E-state index in [0.717, 1.165) is 37.9 Å². The number of carbonyl (C=O) groups excluding carboxylic acids is 2. The number of hydrogen-bond donors (Lipinski definition) is 3. The number of amides is 2. The zero-order chi connectivity index (χ0) is 19.2. The van der Waals surface area contributed by atoms with Crippen LogP contribution in [0.5, 0.6) is 11.5 Å². The average molecular weight is 369 g/mol. The van der Waals surface area contributed by atoms with Gasteiger partial charge in [0, 0.05) is 18.7 Å². The number of ether oxygens (including phenoxy) is 1. The monoisotopic (exact) mass is 369 g/mol. The normalized spacial score (nSPS) is 15.1. The Kier molecular flexibility index (Phi) is 6.05. The van der Waals surface area contributed by atoms with Crippen molar-refractivity contribution in [1.82, 2.24) is 10.4 Å². The maximum absolute atomic E-state index is 12.5. The first-order valence-electron chi connectivity index (χ1n) is 8.95. The van der Waals surface area contributed by atoms with Gasteiger partial charge in [-0.2, -0.15) is 0 Å². The SMILES string of the molecule is NC(C(=O)N1CCCCC1)c1ccc(Oc2ccc(C(=O)NO)cc2)cc1. The molecule has 1 aliphatic heterocycles. The van der Waals surface area contributed by atoms with Crippen molar-refractivity contribution in [2.24, 2.45) is 5.73 Å². The van der Waals surface area contributed by atoms with Crippen molar-refractivity contribution in [2.75, 3.05) is 13.1 Å². The van der Waals surface area contributed by atoms with Gasteiger partial charge in [-0.25, -0.2) is 5.48 Å². The summed E-state index contributed by atoms with van der Waals surface area (Å²) in [7, 11) is 0. The molecule has 0 aliphatic carbocycles. The van der Waals surface area contributed by atoms with E-state index in [1.807, 2.05) is 4.90 Å². The van der Waals surface area contributed by atoms with Crippen molar-refractivity contribution in [3.8, 4) is 11.5 Å². The van der Waals surface area contributed by atoms with Gasteiger partial charge in [-0.3, -0.25) is 14.8 Å². The summed E-state index contributed by atoms with van der Waals surface area (Å²) in [5.74, 6) is 0.515. The molecule has 7 nitrogen and oxygen atoms in total. The van der Waals surface area contributed by atoms with E-state index in [2.05, 4.69) is 0 Å². The zero-order valence-electron chi connectivity index (χ0n) is 14.9. The summed E-state index contributed by atoms with van der Waals surface area (Å²) in [6.07, 6.45) is 3.23. The van der Waals surface area contributed by atoms with Gasteiger partial charge >= 0.3 is 0 Å². The molecule has 1 heterocycles. The molecule has 2 aromatic rings. The lowest BCUT2D eigenvalue weighted by Crippen LogP contribution is -2.41. The van der Waals surface area contributed by atoms with Crippen LogP contribution < -0.4 is 16.0 Å². The quantitative estimate of drug-likeness (QED) is 0.555. The van der Waals surface area contributed by atoms with Crippen LogP contribution in [0.1, 0.15) is 41.2 Å². The maximum atomic E-state index is 12.5. The lowest BCUT2D eigenvalue weighted by Gasteiger charge is -2.29. The molecule has 27 heavy (non-hydrogen) atoms. The minimum absolute atomic E-state index is 0.0406. The lowest BCUT2D eigenvalue weighted by molar-refractivity contribution is -0.133. The first-order valence-corrected chi connectivity index (χ1v) is 8.95. The van der Waals surface area contributed by atoms with E-state index in [-0.39, 0.29) is 5.91 Å². The minimum atomic E-state index is -0.673. The van der Waals surface area contributed by atoms with Crippen LogP contribution in [-0.2, 0) is 4.79 Å². The van der Waals surface area contributed by atoms with Gasteiger partial charge in [0.1, 0.15) is 17.5 Å². The lowest BCUT2D eigenvalue weighted by atomic mass is 10.0. The highest BCUT2D eigenvalue weighted by Gasteiger charge is 2.23. The van der Waals surface area contributed by atoms with Gasteiger partial charge < -0.3 is 15.4 Å². The molecule has 0 spiro atoms. The molecule has 1 atom stereocenters. The average Bonchev–Trinajstić information content (AvgIpc) is 2.74. The van der Waals surface area contributed by atoms with E-state index in [1.165, 1.54) is 0 Å². The van der Waals surface area contributed by atoms with E-state index >= 15 is 0 Å². The summed E-state index contributed by atoms with van der Waals surface area (Å²) in [5.41, 5.74) is 8.78. The highest BCUT2D eigenvalue weighted by molar-refractivity contribution is 5.93. The molecule has 142 valence electrons. The number of hydroxylamine groups is 1. The summed E-state index contributed by atoms with van der Waals surface area (Å²) >= 11 is 0. The Labute approximate surface area is 157 Å². The molecular weight excluding hydrogens is 346 g/mol. The highest BCUT2D eigenvalue weighted by Crippen LogP contribution is 2.24. The number of hydrogen-bond acceptors (Lipinski definition) is 5. The van der Waals surface area contributed by atoms with Crippen molar-refractivity contribution in [3.05, 3.63) is 59.7 Å². The van der Waals surface area contributed by atoms with Crippen LogP contribution in [0.2, 0.25) is 0 Å². The van der Waals surface area contributed by atoms with Crippen LogP contribution in [0.25, 0.3) is 0 Å². The van der Waals surface area contributed by atoms with Gasteiger partial charge in [-0.15, -0.1) is 0 Å². The standard InChI is InChI=1S/C20H23N3O4/c21-18(20(25)23-12-2-1-3-13-23)14-4-8-16(9-5-14)27-17-10-6-15(7-11-17)19(24)22-26/h4-11,18,26H,1-3,12-13,21H2,(H,22,24). The maximum Gasteiger partial charge on any atom is 0.274 e. The minimum Gasteiger partial charge on any atom is -0.457 e. The second kappa shape index (κ2) is 8.66. The first kappa shape index (κ1) is 18.9. The number of nitrogens with one attached hydrogen (secondary N) is 1. The Bertz CT molecular complexity index is 784. The molecular formula is C20H23N3O4. The molecule has 1 fully saturated rings. The van der Waals surface area contributed by atoms with Gasteiger partial charge in [0.2, 0.25) is 5.91 Å².